The molecule has 2 aromatic carbocycles. The van der Waals surface area contributed by atoms with Crippen molar-refractivity contribution in [3.63, 3.8) is 0 Å². The fourth-order valence-electron chi connectivity index (χ4n) is 2.39. The summed E-state index contributed by atoms with van der Waals surface area (Å²) < 4.78 is 16.4. The molecular weight excluding hydrogens is 442 g/mol. The molecule has 0 saturated carbocycles. The van der Waals surface area contributed by atoms with E-state index in [2.05, 4.69) is 31.8 Å². The maximum absolute atomic E-state index is 12.0. The van der Waals surface area contributed by atoms with Crippen molar-refractivity contribution < 1.29 is 23.8 Å². The Labute approximate surface area is 177 Å². The van der Waals surface area contributed by atoms with E-state index >= 15 is 0 Å². The first kappa shape index (κ1) is 22.2. The van der Waals surface area contributed by atoms with Gasteiger partial charge in [0.05, 0.1) is 33.2 Å². The molecule has 0 aliphatic carbocycles. The summed E-state index contributed by atoms with van der Waals surface area (Å²) in [6.45, 7) is 0. The second-order valence-electron chi connectivity index (χ2n) is 5.77. The van der Waals surface area contributed by atoms with Crippen LogP contribution >= 0.6 is 15.9 Å². The first-order valence-corrected chi connectivity index (χ1v) is 9.44. The van der Waals surface area contributed by atoms with Crippen LogP contribution in [0.4, 0.5) is 5.69 Å². The lowest BCUT2D eigenvalue weighted by Gasteiger charge is -2.10. The normalized spacial score (nSPS) is 10.5. The summed E-state index contributed by atoms with van der Waals surface area (Å²) in [5.41, 5.74) is 3.64. The summed E-state index contributed by atoms with van der Waals surface area (Å²) in [4.78, 5) is 24.0. The molecule has 29 heavy (non-hydrogen) atoms. The minimum atomic E-state index is -0.381. The summed E-state index contributed by atoms with van der Waals surface area (Å²) in [5, 5.41) is 6.64. The van der Waals surface area contributed by atoms with Crippen molar-refractivity contribution in [3.05, 3.63) is 46.4 Å². The number of para-hydroxylation sites is 2. The SMILES string of the molecule is COc1ccccc1NC(=O)CCC(=O)NN=Cc1cc(OC)c(OC)cc1Br. The number of carbonyl (C=O) groups is 2. The highest BCUT2D eigenvalue weighted by Gasteiger charge is 2.10. The van der Waals surface area contributed by atoms with Gasteiger partial charge < -0.3 is 19.5 Å². The molecule has 0 aliphatic heterocycles. The number of benzene rings is 2. The molecule has 0 unspecified atom stereocenters. The van der Waals surface area contributed by atoms with Crippen LogP contribution in [0.1, 0.15) is 18.4 Å². The number of carbonyl (C=O) groups excluding carboxylic acids is 2. The number of nitrogens with one attached hydrogen (secondary N) is 2. The molecule has 0 atom stereocenters. The van der Waals surface area contributed by atoms with Gasteiger partial charge in [0.15, 0.2) is 11.5 Å². The molecule has 2 amide bonds. The second kappa shape index (κ2) is 11.1. The molecular formula is C20H22BrN3O5. The molecule has 2 rings (SSSR count). The Morgan fingerprint density at radius 1 is 0.966 bits per heavy atom. The van der Waals surface area contributed by atoms with Crippen LogP contribution in [0.15, 0.2) is 46.0 Å². The Bertz CT molecular complexity index is 902. The number of nitrogens with zero attached hydrogens (tertiary/aromatic N) is 1. The van der Waals surface area contributed by atoms with Gasteiger partial charge in [-0.2, -0.15) is 5.10 Å². The van der Waals surface area contributed by atoms with Gasteiger partial charge >= 0.3 is 0 Å². The zero-order chi connectivity index (χ0) is 21.2. The van der Waals surface area contributed by atoms with Crippen molar-refractivity contribution in [1.82, 2.24) is 5.43 Å². The third-order valence-electron chi connectivity index (χ3n) is 3.86. The van der Waals surface area contributed by atoms with Crippen LogP contribution in [0.2, 0.25) is 0 Å². The molecule has 0 aromatic heterocycles. The van der Waals surface area contributed by atoms with Crippen LogP contribution in [-0.2, 0) is 9.59 Å². The minimum Gasteiger partial charge on any atom is -0.495 e. The zero-order valence-corrected chi connectivity index (χ0v) is 17.9. The van der Waals surface area contributed by atoms with E-state index in [1.54, 1.807) is 43.5 Å². The standard InChI is InChI=1S/C20H22BrN3O5/c1-27-16-7-5-4-6-15(16)23-19(25)8-9-20(26)24-22-12-13-10-17(28-2)18(29-3)11-14(13)21/h4-7,10-12H,8-9H2,1-3H3,(H,23,25)(H,24,26). The molecule has 9 heteroatoms. The Kier molecular flexibility index (Phi) is 8.47. The summed E-state index contributed by atoms with van der Waals surface area (Å²) in [5.74, 6) is 0.984. The van der Waals surface area contributed by atoms with Crippen LogP contribution in [0.5, 0.6) is 17.2 Å². The third kappa shape index (κ3) is 6.49. The number of hydrogen-bond donors (Lipinski definition) is 2. The number of methoxy groups -OCH3 is 3. The molecule has 0 aliphatic rings. The zero-order valence-electron chi connectivity index (χ0n) is 16.3. The third-order valence-corrected chi connectivity index (χ3v) is 4.54. The summed E-state index contributed by atoms with van der Waals surface area (Å²) >= 11 is 3.41. The quantitative estimate of drug-likeness (QED) is 0.438. The van der Waals surface area contributed by atoms with Gasteiger partial charge in [0.1, 0.15) is 5.75 Å². The molecule has 2 N–H and O–H groups in total. The first-order valence-electron chi connectivity index (χ1n) is 8.64. The number of hydrazone groups is 1. The molecule has 0 bridgehead atoms. The smallest absolute Gasteiger partial charge is 0.240 e. The molecule has 2 aromatic rings. The maximum Gasteiger partial charge on any atom is 0.240 e. The van der Waals surface area contributed by atoms with E-state index in [1.165, 1.54) is 20.4 Å². The molecule has 154 valence electrons. The Morgan fingerprint density at radius 2 is 1.59 bits per heavy atom. The average molecular weight is 464 g/mol. The monoisotopic (exact) mass is 463 g/mol. The van der Waals surface area contributed by atoms with Gasteiger partial charge in [0.2, 0.25) is 11.8 Å². The van der Waals surface area contributed by atoms with Crippen molar-refractivity contribution in [1.29, 1.82) is 0 Å². The second-order valence-corrected chi connectivity index (χ2v) is 6.62. The average Bonchev–Trinajstić information content (AvgIpc) is 2.73. The topological polar surface area (TPSA) is 98.2 Å². The van der Waals surface area contributed by atoms with Gasteiger partial charge in [-0.15, -0.1) is 0 Å². The fourth-order valence-corrected chi connectivity index (χ4v) is 2.81. The van der Waals surface area contributed by atoms with Gasteiger partial charge in [-0.1, -0.05) is 12.1 Å². The van der Waals surface area contributed by atoms with E-state index < -0.39 is 0 Å². The van der Waals surface area contributed by atoms with E-state index in [-0.39, 0.29) is 24.7 Å². The number of amides is 2. The molecule has 0 fully saturated rings. The van der Waals surface area contributed by atoms with Crippen molar-refractivity contribution in [2.24, 2.45) is 5.10 Å². The number of hydrogen-bond acceptors (Lipinski definition) is 6. The van der Waals surface area contributed by atoms with Crippen LogP contribution in [0, 0.1) is 0 Å². The highest BCUT2D eigenvalue weighted by Crippen LogP contribution is 2.32. The molecule has 0 saturated heterocycles. The highest BCUT2D eigenvalue weighted by atomic mass is 79.9. The number of anilines is 1. The summed E-state index contributed by atoms with van der Waals surface area (Å²) in [6.07, 6.45) is 1.48. The van der Waals surface area contributed by atoms with Crippen molar-refractivity contribution in [3.8, 4) is 17.2 Å². The van der Waals surface area contributed by atoms with E-state index in [0.717, 1.165) is 4.47 Å². The molecule has 0 radical (unpaired) electrons. The van der Waals surface area contributed by atoms with E-state index in [1.807, 2.05) is 0 Å². The lowest BCUT2D eigenvalue weighted by atomic mass is 10.2. The van der Waals surface area contributed by atoms with Crippen LogP contribution in [0.3, 0.4) is 0 Å². The lowest BCUT2D eigenvalue weighted by Crippen LogP contribution is -2.20. The van der Waals surface area contributed by atoms with Gasteiger partial charge in [-0.05, 0) is 40.2 Å². The predicted octanol–water partition coefficient (Wildman–Crippen LogP) is 3.34. The van der Waals surface area contributed by atoms with Crippen LogP contribution < -0.4 is 25.0 Å². The van der Waals surface area contributed by atoms with E-state index in [4.69, 9.17) is 14.2 Å². The van der Waals surface area contributed by atoms with E-state index in [0.29, 0.717) is 28.5 Å². The molecule has 0 spiro atoms. The Hall–Kier alpha value is -3.07. The number of rotatable bonds is 9. The first-order chi connectivity index (χ1) is 14.0. The molecule has 8 nitrogen and oxygen atoms in total. The van der Waals surface area contributed by atoms with Gasteiger partial charge in [-0.25, -0.2) is 5.43 Å². The van der Waals surface area contributed by atoms with Gasteiger partial charge in [-0.3, -0.25) is 9.59 Å². The lowest BCUT2D eigenvalue weighted by molar-refractivity contribution is -0.124. The minimum absolute atomic E-state index is 0.00851. The maximum atomic E-state index is 12.0. The molecule has 0 heterocycles. The van der Waals surface area contributed by atoms with Crippen molar-refractivity contribution in [2.75, 3.05) is 26.6 Å². The Morgan fingerprint density at radius 3 is 2.28 bits per heavy atom. The number of ether oxygens (including phenoxy) is 3. The predicted molar refractivity (Wildman–Crippen MR) is 114 cm³/mol. The summed E-state index contributed by atoms with van der Waals surface area (Å²) in [7, 11) is 4.60. The number of halogens is 1. The van der Waals surface area contributed by atoms with Gasteiger partial charge in [0.25, 0.3) is 0 Å². The van der Waals surface area contributed by atoms with Crippen LogP contribution in [-0.4, -0.2) is 39.4 Å². The fraction of sp³-hybridized carbons (Fsp3) is 0.250. The van der Waals surface area contributed by atoms with Crippen molar-refractivity contribution >= 4 is 39.6 Å². The largest absolute Gasteiger partial charge is 0.495 e. The Balaban J connectivity index is 1.86. The van der Waals surface area contributed by atoms with Gasteiger partial charge in [0, 0.05) is 22.9 Å². The summed E-state index contributed by atoms with van der Waals surface area (Å²) in [6, 6.07) is 10.5. The van der Waals surface area contributed by atoms with Crippen molar-refractivity contribution in [2.45, 2.75) is 12.8 Å². The van der Waals surface area contributed by atoms with Crippen LogP contribution in [0.25, 0.3) is 0 Å². The van der Waals surface area contributed by atoms with E-state index in [9.17, 15) is 9.59 Å². The highest BCUT2D eigenvalue weighted by molar-refractivity contribution is 9.10.